The van der Waals surface area contributed by atoms with E-state index in [1.165, 1.54) is 6.92 Å². The molecule has 0 aliphatic heterocycles. The topological polar surface area (TPSA) is 69.4 Å². The average molecular weight is 187 g/mol. The van der Waals surface area contributed by atoms with Gasteiger partial charge < -0.3 is 4.74 Å². The van der Waals surface area contributed by atoms with E-state index in [0.29, 0.717) is 12.8 Å². The van der Waals surface area contributed by atoms with Crippen molar-refractivity contribution in [2.45, 2.75) is 38.2 Å². The van der Waals surface area contributed by atoms with Gasteiger partial charge in [0.25, 0.3) is 0 Å². The molecule has 5 heteroatoms. The van der Waals surface area contributed by atoms with E-state index < -0.39 is 16.5 Å². The number of esters is 1. The third-order valence-corrected chi connectivity index (χ3v) is 2.29. The third-order valence-electron chi connectivity index (χ3n) is 2.29. The lowest BCUT2D eigenvalue weighted by atomic mass is 10.0. The lowest BCUT2D eigenvalue weighted by Crippen LogP contribution is -2.38. The highest BCUT2D eigenvalue weighted by atomic mass is 16.6. The molecule has 5 nitrogen and oxygen atoms in total. The van der Waals surface area contributed by atoms with E-state index >= 15 is 0 Å². The molecular weight excluding hydrogens is 174 g/mol. The zero-order chi connectivity index (χ0) is 9.90. The number of nitro groups is 1. The van der Waals surface area contributed by atoms with E-state index in [1.807, 2.05) is 0 Å². The van der Waals surface area contributed by atoms with Crippen LogP contribution < -0.4 is 0 Å². The Hall–Kier alpha value is -1.13. The number of hydrogen-bond acceptors (Lipinski definition) is 4. The molecule has 0 aromatic carbocycles. The summed E-state index contributed by atoms with van der Waals surface area (Å²) < 4.78 is 5.03. The summed E-state index contributed by atoms with van der Waals surface area (Å²) in [5.41, 5.74) is -0.810. The van der Waals surface area contributed by atoms with Crippen LogP contribution >= 0.6 is 0 Å². The van der Waals surface area contributed by atoms with Crippen LogP contribution in [0.5, 0.6) is 0 Å². The van der Waals surface area contributed by atoms with Crippen LogP contribution in [0.15, 0.2) is 0 Å². The first-order chi connectivity index (χ1) is 6.04. The highest BCUT2D eigenvalue weighted by Gasteiger charge is 2.41. The summed E-state index contributed by atoms with van der Waals surface area (Å²) >= 11 is 0. The van der Waals surface area contributed by atoms with Crippen LogP contribution in [0.1, 0.15) is 32.6 Å². The van der Waals surface area contributed by atoms with E-state index in [0.717, 1.165) is 12.8 Å². The molecule has 0 aromatic rings. The minimum Gasteiger partial charge on any atom is -0.452 e. The molecule has 1 aliphatic carbocycles. The molecule has 0 radical (unpaired) electrons. The van der Waals surface area contributed by atoms with Gasteiger partial charge in [-0.2, -0.15) is 0 Å². The van der Waals surface area contributed by atoms with E-state index in [4.69, 9.17) is 4.74 Å². The summed E-state index contributed by atoms with van der Waals surface area (Å²) in [6.07, 6.45) is 3.04. The van der Waals surface area contributed by atoms with Crippen molar-refractivity contribution in [2.75, 3.05) is 6.54 Å². The van der Waals surface area contributed by atoms with Crippen molar-refractivity contribution < 1.29 is 14.5 Å². The van der Waals surface area contributed by atoms with Crippen LogP contribution in [0.4, 0.5) is 0 Å². The van der Waals surface area contributed by atoms with Crippen molar-refractivity contribution in [2.24, 2.45) is 0 Å². The molecule has 0 bridgehead atoms. The number of rotatable bonds is 3. The molecule has 0 aromatic heterocycles. The molecule has 13 heavy (non-hydrogen) atoms. The first-order valence-corrected chi connectivity index (χ1v) is 4.35. The fraction of sp³-hybridized carbons (Fsp3) is 0.875. The summed E-state index contributed by atoms with van der Waals surface area (Å²) in [5.74, 6) is -0.427. The smallest absolute Gasteiger partial charge is 0.303 e. The Morgan fingerprint density at radius 3 is 2.46 bits per heavy atom. The summed E-state index contributed by atoms with van der Waals surface area (Å²) in [5, 5.41) is 10.4. The molecular formula is C8H13NO4. The third kappa shape index (κ3) is 2.68. The van der Waals surface area contributed by atoms with Crippen molar-refractivity contribution in [3.8, 4) is 0 Å². The van der Waals surface area contributed by atoms with Crippen LogP contribution in [0.25, 0.3) is 0 Å². The quantitative estimate of drug-likeness (QED) is 0.377. The summed E-state index contributed by atoms with van der Waals surface area (Å²) in [6, 6.07) is 0. The number of carbonyl (C=O) groups excluding carboxylic acids is 1. The van der Waals surface area contributed by atoms with Crippen molar-refractivity contribution >= 4 is 5.97 Å². The molecule has 1 rings (SSSR count). The second kappa shape index (κ2) is 3.72. The van der Waals surface area contributed by atoms with E-state index in [1.54, 1.807) is 0 Å². The van der Waals surface area contributed by atoms with Gasteiger partial charge in [-0.1, -0.05) is 0 Å². The number of hydrogen-bond donors (Lipinski definition) is 0. The SMILES string of the molecule is CC(=O)OC1(C[N+](=O)[O-])CCCC1. The Morgan fingerprint density at radius 2 is 2.08 bits per heavy atom. The monoisotopic (exact) mass is 187 g/mol. The summed E-state index contributed by atoms with van der Waals surface area (Å²) in [6.45, 7) is 1.03. The van der Waals surface area contributed by atoms with Gasteiger partial charge in [0.1, 0.15) is 0 Å². The molecule has 0 saturated heterocycles. The maximum absolute atomic E-state index is 10.7. The molecule has 1 aliphatic rings. The van der Waals surface area contributed by atoms with Crippen molar-refractivity contribution in [1.82, 2.24) is 0 Å². The average Bonchev–Trinajstić information content (AvgIpc) is 2.33. The van der Waals surface area contributed by atoms with Gasteiger partial charge in [-0.05, 0) is 25.7 Å². The van der Waals surface area contributed by atoms with Crippen molar-refractivity contribution in [1.29, 1.82) is 0 Å². The first-order valence-electron chi connectivity index (χ1n) is 4.35. The number of nitrogens with zero attached hydrogens (tertiary/aromatic N) is 1. The van der Waals surface area contributed by atoms with Crippen molar-refractivity contribution in [3.05, 3.63) is 10.1 Å². The minimum absolute atomic E-state index is 0.257. The minimum atomic E-state index is -0.810. The predicted octanol–water partition coefficient (Wildman–Crippen LogP) is 1.14. The first kappa shape index (κ1) is 9.95. The molecule has 1 fully saturated rings. The van der Waals surface area contributed by atoms with Crippen molar-refractivity contribution in [3.63, 3.8) is 0 Å². The highest BCUT2D eigenvalue weighted by Crippen LogP contribution is 2.33. The Kier molecular flexibility index (Phi) is 2.85. The molecule has 0 amide bonds. The zero-order valence-electron chi connectivity index (χ0n) is 7.62. The summed E-state index contributed by atoms with van der Waals surface area (Å²) in [4.78, 5) is 20.7. The van der Waals surface area contributed by atoms with E-state index in [2.05, 4.69) is 0 Å². The fourth-order valence-electron chi connectivity index (χ4n) is 1.85. The van der Waals surface area contributed by atoms with Gasteiger partial charge in [0.05, 0.1) is 0 Å². The van der Waals surface area contributed by atoms with Gasteiger partial charge in [0, 0.05) is 11.8 Å². The van der Waals surface area contributed by atoms with Gasteiger partial charge in [0.15, 0.2) is 5.60 Å². The maximum Gasteiger partial charge on any atom is 0.303 e. The largest absolute Gasteiger partial charge is 0.452 e. The van der Waals surface area contributed by atoms with Gasteiger partial charge in [-0.3, -0.25) is 14.9 Å². The molecule has 0 N–H and O–H groups in total. The molecule has 0 spiro atoms. The van der Waals surface area contributed by atoms with Gasteiger partial charge >= 0.3 is 5.97 Å². The van der Waals surface area contributed by atoms with E-state index in [9.17, 15) is 14.9 Å². The van der Waals surface area contributed by atoms with Crippen LogP contribution in [0, 0.1) is 10.1 Å². The second-order valence-electron chi connectivity index (χ2n) is 3.47. The van der Waals surface area contributed by atoms with Gasteiger partial charge in [-0.25, -0.2) is 0 Å². The highest BCUT2D eigenvalue weighted by molar-refractivity contribution is 5.66. The van der Waals surface area contributed by atoms with Gasteiger partial charge in [-0.15, -0.1) is 0 Å². The lowest BCUT2D eigenvalue weighted by Gasteiger charge is -2.23. The van der Waals surface area contributed by atoms with Crippen LogP contribution in [-0.2, 0) is 9.53 Å². The zero-order valence-corrected chi connectivity index (χ0v) is 7.62. The predicted molar refractivity (Wildman–Crippen MR) is 44.8 cm³/mol. The van der Waals surface area contributed by atoms with Crippen LogP contribution in [0.3, 0.4) is 0 Å². The van der Waals surface area contributed by atoms with E-state index in [-0.39, 0.29) is 6.54 Å². The fourth-order valence-corrected chi connectivity index (χ4v) is 1.85. The summed E-state index contributed by atoms with van der Waals surface area (Å²) in [7, 11) is 0. The van der Waals surface area contributed by atoms with Crippen LogP contribution in [-0.4, -0.2) is 23.0 Å². The number of carbonyl (C=O) groups is 1. The Labute approximate surface area is 76.2 Å². The Morgan fingerprint density at radius 1 is 1.54 bits per heavy atom. The number of ether oxygens (including phenoxy) is 1. The standard InChI is InChI=1S/C8H13NO4/c1-7(10)13-8(6-9(11)12)4-2-3-5-8/h2-6H2,1H3. The molecule has 74 valence electrons. The second-order valence-corrected chi connectivity index (χ2v) is 3.47. The Balaban J connectivity index is 2.62. The molecule has 1 saturated carbocycles. The Bertz CT molecular complexity index is 202. The normalized spacial score (nSPS) is 19.8. The lowest BCUT2D eigenvalue weighted by molar-refractivity contribution is -0.499. The molecule has 0 atom stereocenters. The maximum atomic E-state index is 10.7. The molecule has 0 heterocycles. The van der Waals surface area contributed by atoms with Gasteiger partial charge in [0.2, 0.25) is 6.54 Å². The van der Waals surface area contributed by atoms with Crippen LogP contribution in [0.2, 0.25) is 0 Å². The molecule has 0 unspecified atom stereocenters.